The van der Waals surface area contributed by atoms with E-state index in [-0.39, 0.29) is 5.92 Å². The second-order valence-electron chi connectivity index (χ2n) is 5.90. The number of nitrogens with zero attached hydrogens (tertiary/aromatic N) is 3. The Hall–Kier alpha value is -2.04. The molecule has 1 aromatic carbocycles. The molecule has 1 fully saturated rings. The van der Waals surface area contributed by atoms with Crippen molar-refractivity contribution in [3.05, 3.63) is 29.8 Å². The number of ether oxygens (including phenoxy) is 1. The van der Waals surface area contributed by atoms with E-state index in [1.165, 1.54) is 0 Å². The van der Waals surface area contributed by atoms with Crippen LogP contribution in [0.15, 0.2) is 24.3 Å². The third kappa shape index (κ3) is 1.51. The van der Waals surface area contributed by atoms with Gasteiger partial charge in [0.1, 0.15) is 0 Å². The molecule has 21 heavy (non-hydrogen) atoms. The number of hydrogen-bond acceptors (Lipinski definition) is 4. The monoisotopic (exact) mass is 281 g/mol. The van der Waals surface area contributed by atoms with Crippen LogP contribution in [0.5, 0.6) is 0 Å². The van der Waals surface area contributed by atoms with Gasteiger partial charge < -0.3 is 9.64 Å². The summed E-state index contributed by atoms with van der Waals surface area (Å²) in [5.74, 6) is -0.137. The number of nitriles is 2. The average molecular weight is 281 g/mol. The maximum absolute atomic E-state index is 9.92. The number of anilines is 1. The standard InChI is InChI=1S/C17H19N3O/c1-3-17-12-21-9-8-20(17)15-7-5-4-6-14(15)13(2)16(17,10-18)11-19/h4-7,13H,3,8-9,12H2,1-2H3/t13-,17-/m1/s1. The highest BCUT2D eigenvalue weighted by molar-refractivity contribution is 5.64. The lowest BCUT2D eigenvalue weighted by molar-refractivity contribution is 0.00195. The molecule has 4 heteroatoms. The van der Waals surface area contributed by atoms with E-state index in [2.05, 4.69) is 23.1 Å². The summed E-state index contributed by atoms with van der Waals surface area (Å²) in [6.45, 7) is 5.84. The lowest BCUT2D eigenvalue weighted by atomic mass is 9.57. The Morgan fingerprint density at radius 1 is 1.33 bits per heavy atom. The quantitative estimate of drug-likeness (QED) is 0.794. The Labute approximate surface area is 125 Å². The molecule has 1 saturated heterocycles. The van der Waals surface area contributed by atoms with Gasteiger partial charge in [-0.2, -0.15) is 10.5 Å². The fourth-order valence-corrected chi connectivity index (χ4v) is 4.10. The van der Waals surface area contributed by atoms with E-state index in [1.54, 1.807) is 0 Å². The molecule has 4 nitrogen and oxygen atoms in total. The highest BCUT2D eigenvalue weighted by Crippen LogP contribution is 2.56. The van der Waals surface area contributed by atoms with E-state index in [0.717, 1.165) is 17.8 Å². The van der Waals surface area contributed by atoms with Crippen molar-refractivity contribution in [3.8, 4) is 12.1 Å². The van der Waals surface area contributed by atoms with Crippen LogP contribution in [-0.2, 0) is 4.74 Å². The van der Waals surface area contributed by atoms with Gasteiger partial charge in [0.05, 0.1) is 30.9 Å². The average Bonchev–Trinajstić information content (AvgIpc) is 2.56. The Morgan fingerprint density at radius 2 is 2.05 bits per heavy atom. The molecule has 1 aromatic rings. The second-order valence-corrected chi connectivity index (χ2v) is 5.90. The van der Waals surface area contributed by atoms with Crippen molar-refractivity contribution in [1.29, 1.82) is 10.5 Å². The molecule has 0 aliphatic carbocycles. The SMILES string of the molecule is CC[C@]12COCCN1c1ccccc1[C@@H](C)C2(C#N)C#N. The van der Waals surface area contributed by atoms with Gasteiger partial charge in [0, 0.05) is 18.2 Å². The van der Waals surface area contributed by atoms with Crippen LogP contribution in [0.3, 0.4) is 0 Å². The minimum atomic E-state index is -1.09. The fraction of sp³-hybridized carbons (Fsp3) is 0.529. The Balaban J connectivity index is 2.33. The summed E-state index contributed by atoms with van der Waals surface area (Å²) in [5, 5.41) is 19.8. The third-order valence-electron chi connectivity index (χ3n) is 5.33. The molecule has 0 radical (unpaired) electrons. The Kier molecular flexibility index (Phi) is 3.15. The van der Waals surface area contributed by atoms with Crippen LogP contribution in [-0.4, -0.2) is 25.3 Å². The number of benzene rings is 1. The molecule has 0 aromatic heterocycles. The molecular weight excluding hydrogens is 262 g/mol. The van der Waals surface area contributed by atoms with Gasteiger partial charge in [0.25, 0.3) is 0 Å². The molecular formula is C17H19N3O. The maximum Gasteiger partial charge on any atom is 0.175 e. The maximum atomic E-state index is 9.92. The van der Waals surface area contributed by atoms with Gasteiger partial charge in [0.15, 0.2) is 5.41 Å². The summed E-state index contributed by atoms with van der Waals surface area (Å²) >= 11 is 0. The van der Waals surface area contributed by atoms with Crippen molar-refractivity contribution >= 4 is 5.69 Å². The predicted octanol–water partition coefficient (Wildman–Crippen LogP) is 2.82. The van der Waals surface area contributed by atoms with Gasteiger partial charge in [-0.3, -0.25) is 0 Å². The largest absolute Gasteiger partial charge is 0.377 e. The van der Waals surface area contributed by atoms with Gasteiger partial charge in [0.2, 0.25) is 0 Å². The first-order valence-electron chi connectivity index (χ1n) is 7.43. The molecule has 0 saturated carbocycles. The lowest BCUT2D eigenvalue weighted by Gasteiger charge is -2.58. The zero-order valence-electron chi connectivity index (χ0n) is 12.5. The highest BCUT2D eigenvalue weighted by Gasteiger charge is 2.63. The molecule has 0 spiro atoms. The fourth-order valence-electron chi connectivity index (χ4n) is 4.10. The summed E-state index contributed by atoms with van der Waals surface area (Å²) < 4.78 is 5.71. The number of morpholine rings is 1. The van der Waals surface area contributed by atoms with Crippen LogP contribution in [0, 0.1) is 28.1 Å². The van der Waals surface area contributed by atoms with Crippen molar-refractivity contribution in [1.82, 2.24) is 0 Å². The second kappa shape index (κ2) is 4.76. The number of hydrogen-bond donors (Lipinski definition) is 0. The molecule has 3 rings (SSSR count). The minimum Gasteiger partial charge on any atom is -0.377 e. The van der Waals surface area contributed by atoms with E-state index in [0.29, 0.717) is 19.6 Å². The molecule has 108 valence electrons. The predicted molar refractivity (Wildman–Crippen MR) is 79.7 cm³/mol. The highest BCUT2D eigenvalue weighted by atomic mass is 16.5. The van der Waals surface area contributed by atoms with Crippen molar-refractivity contribution < 1.29 is 4.74 Å². The summed E-state index contributed by atoms with van der Waals surface area (Å²) in [6, 6.07) is 12.9. The number of para-hydroxylation sites is 1. The molecule has 0 bridgehead atoms. The third-order valence-corrected chi connectivity index (χ3v) is 5.33. The normalized spacial score (nSPS) is 29.7. The van der Waals surface area contributed by atoms with E-state index >= 15 is 0 Å². The molecule has 2 heterocycles. The molecule has 2 aliphatic rings. The number of fused-ring (bicyclic) bond motifs is 3. The molecule has 0 unspecified atom stereocenters. The van der Waals surface area contributed by atoms with Gasteiger partial charge >= 0.3 is 0 Å². The molecule has 0 amide bonds. The smallest absolute Gasteiger partial charge is 0.175 e. The zero-order valence-corrected chi connectivity index (χ0v) is 12.5. The lowest BCUT2D eigenvalue weighted by Crippen LogP contribution is -2.69. The topological polar surface area (TPSA) is 60.0 Å². The molecule has 2 aliphatic heterocycles. The van der Waals surface area contributed by atoms with Crippen LogP contribution < -0.4 is 4.90 Å². The Bertz CT molecular complexity index is 628. The van der Waals surface area contributed by atoms with Gasteiger partial charge in [-0.1, -0.05) is 32.0 Å². The van der Waals surface area contributed by atoms with Gasteiger partial charge in [-0.15, -0.1) is 0 Å². The first kappa shape index (κ1) is 13.9. The summed E-state index contributed by atoms with van der Waals surface area (Å²) in [5.41, 5.74) is 0.585. The first-order chi connectivity index (χ1) is 10.2. The van der Waals surface area contributed by atoms with E-state index < -0.39 is 11.0 Å². The van der Waals surface area contributed by atoms with Gasteiger partial charge in [-0.05, 0) is 18.1 Å². The molecule has 2 atom stereocenters. The van der Waals surface area contributed by atoms with Crippen LogP contribution in [0.1, 0.15) is 31.7 Å². The summed E-state index contributed by atoms with van der Waals surface area (Å²) in [7, 11) is 0. The summed E-state index contributed by atoms with van der Waals surface area (Å²) in [4.78, 5) is 2.25. The van der Waals surface area contributed by atoms with E-state index in [1.807, 2.05) is 32.0 Å². The van der Waals surface area contributed by atoms with Crippen molar-refractivity contribution in [2.24, 2.45) is 5.41 Å². The van der Waals surface area contributed by atoms with Gasteiger partial charge in [-0.25, -0.2) is 0 Å². The number of rotatable bonds is 1. The van der Waals surface area contributed by atoms with E-state index in [9.17, 15) is 10.5 Å². The minimum absolute atomic E-state index is 0.137. The van der Waals surface area contributed by atoms with Crippen molar-refractivity contribution in [2.75, 3.05) is 24.7 Å². The zero-order chi connectivity index (χ0) is 15.1. The first-order valence-corrected chi connectivity index (χ1v) is 7.43. The van der Waals surface area contributed by atoms with Crippen molar-refractivity contribution in [3.63, 3.8) is 0 Å². The van der Waals surface area contributed by atoms with Crippen LogP contribution in [0.25, 0.3) is 0 Å². The van der Waals surface area contributed by atoms with Crippen LogP contribution >= 0.6 is 0 Å². The Morgan fingerprint density at radius 3 is 2.71 bits per heavy atom. The van der Waals surface area contributed by atoms with E-state index in [4.69, 9.17) is 4.74 Å². The van der Waals surface area contributed by atoms with Crippen LogP contribution in [0.4, 0.5) is 5.69 Å². The molecule has 0 N–H and O–H groups in total. The summed E-state index contributed by atoms with van der Waals surface area (Å²) in [6.07, 6.45) is 0.715. The van der Waals surface area contributed by atoms with Crippen molar-refractivity contribution in [2.45, 2.75) is 31.7 Å². The van der Waals surface area contributed by atoms with Crippen LogP contribution in [0.2, 0.25) is 0 Å².